The van der Waals surface area contributed by atoms with Crippen molar-refractivity contribution in [1.29, 1.82) is 0 Å². The van der Waals surface area contributed by atoms with Gasteiger partial charge >= 0.3 is 0 Å². The number of nitrogens with zero attached hydrogens (tertiary/aromatic N) is 2. The predicted molar refractivity (Wildman–Crippen MR) is 98.4 cm³/mol. The normalized spacial score (nSPS) is 18.9. The maximum Gasteiger partial charge on any atom is 0.257 e. The highest BCUT2D eigenvalue weighted by Crippen LogP contribution is 2.24. The quantitative estimate of drug-likeness (QED) is 0.885. The molecule has 2 heterocycles. The molecule has 1 atom stereocenters. The minimum absolute atomic E-state index is 0.225. The van der Waals surface area contributed by atoms with E-state index in [1.165, 1.54) is 39.9 Å². The van der Waals surface area contributed by atoms with Crippen molar-refractivity contribution in [2.45, 2.75) is 31.6 Å². The molecule has 25 heavy (non-hydrogen) atoms. The zero-order valence-electron chi connectivity index (χ0n) is 14.2. The summed E-state index contributed by atoms with van der Waals surface area (Å²) in [4.78, 5) is 16.6. The van der Waals surface area contributed by atoms with Gasteiger partial charge in [-0.1, -0.05) is 6.92 Å². The Morgan fingerprint density at radius 1 is 1.32 bits per heavy atom. The van der Waals surface area contributed by atoms with Crippen LogP contribution in [0.5, 0.6) is 0 Å². The molecular weight excluding hydrogens is 358 g/mol. The number of nitrogens with one attached hydrogen (secondary N) is 1. The van der Waals surface area contributed by atoms with Gasteiger partial charge in [0.25, 0.3) is 5.91 Å². The number of piperidine rings is 1. The first-order valence-electron chi connectivity index (χ1n) is 8.20. The molecule has 1 aliphatic heterocycles. The van der Waals surface area contributed by atoms with Gasteiger partial charge in [0.05, 0.1) is 10.6 Å². The third-order valence-electron chi connectivity index (χ3n) is 4.21. The Morgan fingerprint density at radius 3 is 2.64 bits per heavy atom. The Labute approximate surface area is 151 Å². The Kier molecular flexibility index (Phi) is 5.21. The van der Waals surface area contributed by atoms with Gasteiger partial charge in [0.15, 0.2) is 5.13 Å². The Balaban J connectivity index is 1.74. The van der Waals surface area contributed by atoms with Crippen LogP contribution < -0.4 is 5.32 Å². The third-order valence-corrected chi connectivity index (χ3v) is 6.97. The number of rotatable bonds is 4. The Morgan fingerprint density at radius 2 is 2.04 bits per heavy atom. The molecule has 1 fully saturated rings. The van der Waals surface area contributed by atoms with Gasteiger partial charge in [0.1, 0.15) is 0 Å². The number of anilines is 1. The molecule has 1 aromatic carbocycles. The van der Waals surface area contributed by atoms with Gasteiger partial charge in [-0.3, -0.25) is 10.1 Å². The van der Waals surface area contributed by atoms with E-state index in [-0.39, 0.29) is 10.8 Å². The topological polar surface area (TPSA) is 79.4 Å². The zero-order valence-corrected chi connectivity index (χ0v) is 15.9. The molecular formula is C17H21N3O3S2. The average molecular weight is 380 g/mol. The van der Waals surface area contributed by atoms with Crippen molar-refractivity contribution in [2.24, 2.45) is 5.92 Å². The molecule has 1 N–H and O–H groups in total. The number of aryl methyl sites for hydroxylation is 1. The summed E-state index contributed by atoms with van der Waals surface area (Å²) in [5.41, 5.74) is 1.25. The third kappa shape index (κ3) is 4.08. The molecule has 0 bridgehead atoms. The van der Waals surface area contributed by atoms with Crippen LogP contribution in [0.15, 0.2) is 34.5 Å². The number of benzene rings is 1. The number of hydrogen-bond donors (Lipinski definition) is 1. The highest BCUT2D eigenvalue weighted by Gasteiger charge is 2.28. The zero-order chi connectivity index (χ0) is 18.0. The van der Waals surface area contributed by atoms with Gasteiger partial charge in [0.2, 0.25) is 10.0 Å². The molecule has 134 valence electrons. The summed E-state index contributed by atoms with van der Waals surface area (Å²) >= 11 is 1.35. The van der Waals surface area contributed by atoms with E-state index in [1.54, 1.807) is 0 Å². The molecule has 0 radical (unpaired) electrons. The van der Waals surface area contributed by atoms with E-state index in [4.69, 9.17) is 0 Å². The van der Waals surface area contributed by atoms with E-state index in [1.807, 2.05) is 12.3 Å². The lowest BCUT2D eigenvalue weighted by molar-refractivity contribution is 0.102. The van der Waals surface area contributed by atoms with Crippen LogP contribution >= 0.6 is 11.3 Å². The second-order valence-electron chi connectivity index (χ2n) is 6.38. The summed E-state index contributed by atoms with van der Waals surface area (Å²) in [7, 11) is -3.50. The largest absolute Gasteiger partial charge is 0.298 e. The summed E-state index contributed by atoms with van der Waals surface area (Å²) in [5, 5.41) is 5.10. The molecule has 1 aromatic heterocycles. The van der Waals surface area contributed by atoms with Crippen molar-refractivity contribution in [3.8, 4) is 0 Å². The van der Waals surface area contributed by atoms with E-state index in [9.17, 15) is 13.2 Å². The van der Waals surface area contributed by atoms with E-state index >= 15 is 0 Å². The summed E-state index contributed by atoms with van der Waals surface area (Å²) in [6.45, 7) is 5.02. The van der Waals surface area contributed by atoms with Gasteiger partial charge < -0.3 is 0 Å². The highest BCUT2D eigenvalue weighted by atomic mass is 32.2. The molecule has 1 aliphatic rings. The first-order valence-corrected chi connectivity index (χ1v) is 10.5. The monoisotopic (exact) mass is 379 g/mol. The number of carbonyl (C=O) groups excluding carboxylic acids is 1. The Hall–Kier alpha value is -1.77. The van der Waals surface area contributed by atoms with Gasteiger partial charge in [-0.2, -0.15) is 4.31 Å². The summed E-state index contributed by atoms with van der Waals surface area (Å²) < 4.78 is 27.0. The molecule has 8 heteroatoms. The standard InChI is InChI=1S/C17H21N3O3S2/c1-12-4-3-9-20(10-12)25(22,23)15-7-5-14(6-8-15)16(21)19-17-18-13(2)11-24-17/h5-8,11-12H,3-4,9-10H2,1-2H3,(H,18,19,21)/t12-/m1/s1. The molecule has 1 saturated heterocycles. The summed E-state index contributed by atoms with van der Waals surface area (Å²) in [6, 6.07) is 6.07. The second kappa shape index (κ2) is 7.23. The van der Waals surface area contributed by atoms with Crippen LogP contribution in [0.1, 0.15) is 35.8 Å². The van der Waals surface area contributed by atoms with Crippen LogP contribution in [-0.2, 0) is 10.0 Å². The van der Waals surface area contributed by atoms with Crippen LogP contribution in [0.2, 0.25) is 0 Å². The first kappa shape index (κ1) is 18.0. The summed E-state index contributed by atoms with van der Waals surface area (Å²) in [6.07, 6.45) is 1.94. The summed E-state index contributed by atoms with van der Waals surface area (Å²) in [5.74, 6) is 0.0696. The number of hydrogen-bond acceptors (Lipinski definition) is 5. The smallest absolute Gasteiger partial charge is 0.257 e. The van der Waals surface area contributed by atoms with Crippen LogP contribution in [0, 0.1) is 12.8 Å². The van der Waals surface area contributed by atoms with Crippen LogP contribution in [-0.4, -0.2) is 36.7 Å². The maximum atomic E-state index is 12.7. The van der Waals surface area contributed by atoms with Gasteiger partial charge in [-0.25, -0.2) is 13.4 Å². The average Bonchev–Trinajstić information content (AvgIpc) is 3.00. The molecule has 2 aromatic rings. The van der Waals surface area contributed by atoms with E-state index < -0.39 is 10.0 Å². The minimum atomic E-state index is -3.50. The molecule has 0 unspecified atom stereocenters. The van der Waals surface area contributed by atoms with Crippen LogP contribution in [0.25, 0.3) is 0 Å². The van der Waals surface area contributed by atoms with Gasteiger partial charge in [-0.15, -0.1) is 11.3 Å². The van der Waals surface area contributed by atoms with E-state index in [2.05, 4.69) is 17.2 Å². The molecule has 1 amide bonds. The van der Waals surface area contributed by atoms with Crippen molar-refractivity contribution in [2.75, 3.05) is 18.4 Å². The van der Waals surface area contributed by atoms with Crippen molar-refractivity contribution in [3.63, 3.8) is 0 Å². The maximum absolute atomic E-state index is 12.7. The number of thiazole rings is 1. The SMILES string of the molecule is Cc1csc(NC(=O)c2ccc(S(=O)(=O)N3CCC[C@@H](C)C3)cc2)n1. The number of carbonyl (C=O) groups is 1. The van der Waals surface area contributed by atoms with Crippen molar-refractivity contribution in [1.82, 2.24) is 9.29 Å². The van der Waals surface area contributed by atoms with E-state index in [0.717, 1.165) is 18.5 Å². The Bertz CT molecular complexity index is 860. The molecule has 0 saturated carbocycles. The van der Waals surface area contributed by atoms with E-state index in [0.29, 0.717) is 29.7 Å². The molecule has 0 aliphatic carbocycles. The number of sulfonamides is 1. The lowest BCUT2D eigenvalue weighted by atomic mass is 10.0. The highest BCUT2D eigenvalue weighted by molar-refractivity contribution is 7.89. The molecule has 0 spiro atoms. The van der Waals surface area contributed by atoms with Crippen molar-refractivity contribution < 1.29 is 13.2 Å². The fourth-order valence-electron chi connectivity index (χ4n) is 2.87. The van der Waals surface area contributed by atoms with Gasteiger partial charge in [-0.05, 0) is 49.9 Å². The van der Waals surface area contributed by atoms with Crippen LogP contribution in [0.3, 0.4) is 0 Å². The van der Waals surface area contributed by atoms with Gasteiger partial charge in [0, 0.05) is 24.0 Å². The number of amides is 1. The van der Waals surface area contributed by atoms with Crippen LogP contribution in [0.4, 0.5) is 5.13 Å². The lowest BCUT2D eigenvalue weighted by Gasteiger charge is -2.30. The molecule has 6 nitrogen and oxygen atoms in total. The fraction of sp³-hybridized carbons (Fsp3) is 0.412. The molecule has 3 rings (SSSR count). The second-order valence-corrected chi connectivity index (χ2v) is 9.18. The first-order chi connectivity index (χ1) is 11.9. The minimum Gasteiger partial charge on any atom is -0.298 e. The lowest BCUT2D eigenvalue weighted by Crippen LogP contribution is -2.39. The van der Waals surface area contributed by atoms with Crippen molar-refractivity contribution >= 4 is 32.4 Å². The number of aromatic nitrogens is 1. The predicted octanol–water partition coefficient (Wildman–Crippen LogP) is 3.12. The fourth-order valence-corrected chi connectivity index (χ4v) is 5.15. The van der Waals surface area contributed by atoms with Crippen molar-refractivity contribution in [3.05, 3.63) is 40.9 Å².